The zero-order chi connectivity index (χ0) is 19.4. The van der Waals surface area contributed by atoms with E-state index in [0.717, 1.165) is 5.56 Å². The van der Waals surface area contributed by atoms with Gasteiger partial charge in [0.2, 0.25) is 0 Å². The molecule has 0 saturated heterocycles. The number of aryl methyl sites for hydroxylation is 1. The van der Waals surface area contributed by atoms with E-state index in [2.05, 4.69) is 5.32 Å². The van der Waals surface area contributed by atoms with Crippen LogP contribution in [0.1, 0.15) is 15.9 Å². The van der Waals surface area contributed by atoms with Gasteiger partial charge in [-0.3, -0.25) is 4.79 Å². The number of carbonyl (C=O) groups excluding carboxylic acids is 1. The first-order valence-corrected chi connectivity index (χ1v) is 9.81. The number of halogens is 1. The molecule has 0 atom stereocenters. The topological polar surface area (TPSA) is 72.5 Å². The Morgan fingerprint density at radius 2 is 1.63 bits per heavy atom. The molecule has 3 aromatic carbocycles. The van der Waals surface area contributed by atoms with Crippen LogP contribution in [-0.2, 0) is 10.1 Å². The highest BCUT2D eigenvalue weighted by Crippen LogP contribution is 2.26. The van der Waals surface area contributed by atoms with Crippen molar-refractivity contribution in [1.82, 2.24) is 0 Å². The SMILES string of the molecule is Cc1ccc(S(=O)(=O)Oc2ccc(NC(=O)c3ccccc3)cc2)c(Cl)c1. The first-order valence-electron chi connectivity index (χ1n) is 8.02. The number of anilines is 1. The quantitative estimate of drug-likeness (QED) is 0.630. The fourth-order valence-corrected chi connectivity index (χ4v) is 3.87. The Kier molecular flexibility index (Phi) is 5.48. The van der Waals surface area contributed by atoms with E-state index in [1.807, 2.05) is 13.0 Å². The Morgan fingerprint density at radius 3 is 2.26 bits per heavy atom. The largest absolute Gasteiger partial charge is 0.379 e. The van der Waals surface area contributed by atoms with Crippen LogP contribution in [0.15, 0.2) is 77.7 Å². The number of nitrogens with one attached hydrogen (secondary N) is 1. The lowest BCUT2D eigenvalue weighted by molar-refractivity contribution is 0.102. The number of amides is 1. The van der Waals surface area contributed by atoms with E-state index in [-0.39, 0.29) is 21.6 Å². The summed E-state index contributed by atoms with van der Waals surface area (Å²) in [5.74, 6) is -0.146. The zero-order valence-electron chi connectivity index (χ0n) is 14.3. The second-order valence-corrected chi connectivity index (χ2v) is 7.74. The molecule has 0 unspecified atom stereocenters. The van der Waals surface area contributed by atoms with Gasteiger partial charge >= 0.3 is 10.1 Å². The van der Waals surface area contributed by atoms with Gasteiger partial charge in [0, 0.05) is 11.3 Å². The van der Waals surface area contributed by atoms with Gasteiger partial charge in [-0.1, -0.05) is 35.9 Å². The lowest BCUT2D eigenvalue weighted by atomic mass is 10.2. The summed E-state index contributed by atoms with van der Waals surface area (Å²) in [6, 6.07) is 19.4. The molecule has 0 spiro atoms. The van der Waals surface area contributed by atoms with E-state index < -0.39 is 10.1 Å². The Bertz CT molecular complexity index is 1060. The van der Waals surface area contributed by atoms with Crippen molar-refractivity contribution >= 4 is 33.3 Å². The summed E-state index contributed by atoms with van der Waals surface area (Å²) in [5.41, 5.74) is 1.88. The summed E-state index contributed by atoms with van der Waals surface area (Å²) in [5, 5.41) is 2.83. The molecule has 5 nitrogen and oxygen atoms in total. The van der Waals surface area contributed by atoms with E-state index in [4.69, 9.17) is 15.8 Å². The van der Waals surface area contributed by atoms with Crippen LogP contribution in [0.25, 0.3) is 0 Å². The van der Waals surface area contributed by atoms with Gasteiger partial charge in [-0.15, -0.1) is 0 Å². The summed E-state index contributed by atoms with van der Waals surface area (Å²) in [6.45, 7) is 1.81. The molecule has 3 aromatic rings. The smallest absolute Gasteiger partial charge is 0.340 e. The Balaban J connectivity index is 1.73. The summed E-state index contributed by atoms with van der Waals surface area (Å²) >= 11 is 6.01. The van der Waals surface area contributed by atoms with E-state index in [0.29, 0.717) is 11.3 Å². The van der Waals surface area contributed by atoms with Gasteiger partial charge in [0.1, 0.15) is 10.6 Å². The highest BCUT2D eigenvalue weighted by atomic mass is 35.5. The monoisotopic (exact) mass is 401 g/mol. The van der Waals surface area contributed by atoms with Crippen molar-refractivity contribution in [2.75, 3.05) is 5.32 Å². The molecule has 1 amide bonds. The number of hydrogen-bond donors (Lipinski definition) is 1. The Hall–Kier alpha value is -2.83. The van der Waals surface area contributed by atoms with E-state index in [1.165, 1.54) is 18.2 Å². The second kappa shape index (κ2) is 7.82. The van der Waals surface area contributed by atoms with Crippen LogP contribution in [0.5, 0.6) is 5.75 Å². The Labute approximate surface area is 162 Å². The van der Waals surface area contributed by atoms with Crippen LogP contribution < -0.4 is 9.50 Å². The molecule has 0 saturated carbocycles. The molecule has 1 N–H and O–H groups in total. The van der Waals surface area contributed by atoms with E-state index in [1.54, 1.807) is 48.5 Å². The first kappa shape index (κ1) is 18.9. The van der Waals surface area contributed by atoms with E-state index >= 15 is 0 Å². The second-order valence-electron chi connectivity index (χ2n) is 5.82. The van der Waals surface area contributed by atoms with Crippen LogP contribution in [0.2, 0.25) is 5.02 Å². The minimum Gasteiger partial charge on any atom is -0.379 e. The normalized spacial score (nSPS) is 11.0. The van der Waals surface area contributed by atoms with Gasteiger partial charge < -0.3 is 9.50 Å². The molecule has 3 rings (SSSR count). The van der Waals surface area contributed by atoms with Gasteiger partial charge in [0.15, 0.2) is 0 Å². The van der Waals surface area contributed by atoms with Crippen molar-refractivity contribution in [2.24, 2.45) is 0 Å². The minimum absolute atomic E-state index is 0.0988. The molecule has 0 heterocycles. The van der Waals surface area contributed by atoms with Gasteiger partial charge in [-0.05, 0) is 61.0 Å². The summed E-state index contributed by atoms with van der Waals surface area (Å²) < 4.78 is 29.9. The lowest BCUT2D eigenvalue weighted by Gasteiger charge is -2.10. The molecule has 0 aliphatic heterocycles. The molecule has 0 bridgehead atoms. The molecule has 0 aliphatic rings. The molecular weight excluding hydrogens is 386 g/mol. The lowest BCUT2D eigenvalue weighted by Crippen LogP contribution is -2.12. The fourth-order valence-electron chi connectivity index (χ4n) is 2.37. The van der Waals surface area contributed by atoms with Crippen LogP contribution in [0.4, 0.5) is 5.69 Å². The average molecular weight is 402 g/mol. The van der Waals surface area contributed by atoms with Crippen LogP contribution >= 0.6 is 11.6 Å². The van der Waals surface area contributed by atoms with Gasteiger partial charge in [0.05, 0.1) is 5.02 Å². The van der Waals surface area contributed by atoms with Crippen molar-refractivity contribution < 1.29 is 17.4 Å². The van der Waals surface area contributed by atoms with Gasteiger partial charge in [-0.2, -0.15) is 8.42 Å². The maximum Gasteiger partial charge on any atom is 0.340 e. The van der Waals surface area contributed by atoms with Crippen molar-refractivity contribution in [2.45, 2.75) is 11.8 Å². The predicted octanol–water partition coefficient (Wildman–Crippen LogP) is 4.67. The number of benzene rings is 3. The minimum atomic E-state index is -4.06. The molecule has 138 valence electrons. The molecule has 0 radical (unpaired) electrons. The van der Waals surface area contributed by atoms with Crippen molar-refractivity contribution in [3.8, 4) is 5.75 Å². The predicted molar refractivity (Wildman–Crippen MR) is 105 cm³/mol. The van der Waals surface area contributed by atoms with Crippen molar-refractivity contribution in [3.05, 3.63) is 88.9 Å². The Morgan fingerprint density at radius 1 is 0.963 bits per heavy atom. The van der Waals surface area contributed by atoms with Gasteiger partial charge in [-0.25, -0.2) is 0 Å². The third-order valence-corrected chi connectivity index (χ3v) is 5.44. The van der Waals surface area contributed by atoms with Crippen LogP contribution in [0.3, 0.4) is 0 Å². The summed E-state index contributed by atoms with van der Waals surface area (Å²) in [6.07, 6.45) is 0. The molecule has 0 fully saturated rings. The van der Waals surface area contributed by atoms with Crippen LogP contribution in [0, 0.1) is 6.92 Å². The van der Waals surface area contributed by atoms with E-state index in [9.17, 15) is 13.2 Å². The molecule has 27 heavy (non-hydrogen) atoms. The molecule has 7 heteroatoms. The van der Waals surface area contributed by atoms with Crippen molar-refractivity contribution in [3.63, 3.8) is 0 Å². The van der Waals surface area contributed by atoms with Crippen LogP contribution in [-0.4, -0.2) is 14.3 Å². The molecular formula is C20H16ClNO4S. The first-order chi connectivity index (χ1) is 12.8. The van der Waals surface area contributed by atoms with Gasteiger partial charge in [0.25, 0.3) is 5.91 Å². The number of hydrogen-bond acceptors (Lipinski definition) is 4. The highest BCUT2D eigenvalue weighted by molar-refractivity contribution is 7.87. The number of carbonyl (C=O) groups is 1. The standard InChI is InChI=1S/C20H16ClNO4S/c1-14-7-12-19(18(21)13-14)27(24,25)26-17-10-8-16(9-11-17)22-20(23)15-5-3-2-4-6-15/h2-13H,1H3,(H,22,23). The maximum absolute atomic E-state index is 12.4. The molecule has 0 aromatic heterocycles. The third kappa shape index (κ3) is 4.67. The highest BCUT2D eigenvalue weighted by Gasteiger charge is 2.20. The maximum atomic E-state index is 12.4. The summed E-state index contributed by atoms with van der Waals surface area (Å²) in [7, 11) is -4.06. The fraction of sp³-hybridized carbons (Fsp3) is 0.0500. The third-order valence-electron chi connectivity index (χ3n) is 3.71. The average Bonchev–Trinajstić information content (AvgIpc) is 2.63. The van der Waals surface area contributed by atoms with Crippen molar-refractivity contribution in [1.29, 1.82) is 0 Å². The molecule has 0 aliphatic carbocycles. The number of rotatable bonds is 5. The summed E-state index contributed by atoms with van der Waals surface area (Å²) in [4.78, 5) is 12.0. The zero-order valence-corrected chi connectivity index (χ0v) is 15.9.